The molecule has 0 unspecified atom stereocenters. The third kappa shape index (κ3) is 9.73. The van der Waals surface area contributed by atoms with Gasteiger partial charge in [0.1, 0.15) is 0 Å². The zero-order chi connectivity index (χ0) is 24.5. The van der Waals surface area contributed by atoms with Gasteiger partial charge >= 0.3 is 0 Å². The molecule has 0 spiro atoms. The Hall–Kier alpha value is -1.22. The maximum absolute atomic E-state index is 12.6. The maximum Gasteiger partial charge on any atom is 0.185 e. The molecule has 3 heteroatoms. The lowest BCUT2D eigenvalue weighted by Crippen LogP contribution is -2.27. The van der Waals surface area contributed by atoms with Crippen LogP contribution in [-0.2, 0) is 9.59 Å². The fraction of sp³-hybridized carbons (Fsp3) is 0.793. The summed E-state index contributed by atoms with van der Waals surface area (Å²) in [5.41, 5.74) is 1.46. The van der Waals surface area contributed by atoms with Gasteiger partial charge in [-0.15, -0.1) is 0 Å². The molecular weight excluding hydrogens is 396 g/mol. The molecule has 1 rings (SSSR count). The van der Waals surface area contributed by atoms with Crippen LogP contribution in [0.5, 0.6) is 0 Å². The smallest absolute Gasteiger partial charge is 0.185 e. The first-order valence-corrected chi connectivity index (χ1v) is 13.0. The monoisotopic (exact) mass is 446 g/mol. The van der Waals surface area contributed by atoms with Crippen LogP contribution in [0.1, 0.15) is 126 Å². The number of carbonyl (C=O) groups excluding carboxylic acids is 2. The Morgan fingerprint density at radius 1 is 0.688 bits per heavy atom. The first-order valence-electron chi connectivity index (χ1n) is 13.0. The minimum Gasteiger partial charge on any atom is -0.390 e. The molecule has 3 atom stereocenters. The molecule has 1 N–H and O–H groups in total. The average Bonchev–Trinajstić information content (AvgIpc) is 2.70. The number of hydrogen-bond donors (Lipinski definition) is 1. The van der Waals surface area contributed by atoms with Gasteiger partial charge in [-0.3, -0.25) is 9.59 Å². The highest BCUT2D eigenvalue weighted by Gasteiger charge is 2.29. The van der Waals surface area contributed by atoms with E-state index in [1.54, 1.807) is 20.8 Å². The molecule has 0 fully saturated rings. The second-order valence-corrected chi connectivity index (χ2v) is 11.4. The fourth-order valence-electron chi connectivity index (χ4n) is 4.79. The van der Waals surface area contributed by atoms with Crippen molar-refractivity contribution in [3.8, 4) is 0 Å². The van der Waals surface area contributed by atoms with Gasteiger partial charge in [-0.1, -0.05) is 79.1 Å². The molecule has 0 saturated heterocycles. The topological polar surface area (TPSA) is 54.4 Å². The predicted molar refractivity (Wildman–Crippen MR) is 136 cm³/mol. The highest BCUT2D eigenvalue weighted by molar-refractivity contribution is 6.24. The first-order chi connectivity index (χ1) is 14.9. The zero-order valence-corrected chi connectivity index (χ0v) is 22.3. The van der Waals surface area contributed by atoms with Crippen molar-refractivity contribution < 1.29 is 14.7 Å². The van der Waals surface area contributed by atoms with Crippen LogP contribution >= 0.6 is 0 Å². The molecule has 0 bridgehead atoms. The maximum atomic E-state index is 12.6. The minimum absolute atomic E-state index is 0.0255. The van der Waals surface area contributed by atoms with Gasteiger partial charge in [-0.2, -0.15) is 0 Å². The van der Waals surface area contributed by atoms with E-state index in [9.17, 15) is 14.7 Å². The van der Waals surface area contributed by atoms with Crippen molar-refractivity contribution >= 4 is 11.6 Å². The van der Waals surface area contributed by atoms with Gasteiger partial charge in [0.15, 0.2) is 11.6 Å². The van der Waals surface area contributed by atoms with Crippen LogP contribution in [0.15, 0.2) is 22.3 Å². The van der Waals surface area contributed by atoms with Crippen molar-refractivity contribution in [1.29, 1.82) is 0 Å². The summed E-state index contributed by atoms with van der Waals surface area (Å²) in [6, 6.07) is 0. The predicted octanol–water partition coefficient (Wildman–Crippen LogP) is 7.76. The summed E-state index contributed by atoms with van der Waals surface area (Å²) in [7, 11) is 0. The lowest BCUT2D eigenvalue weighted by atomic mass is 9.81. The van der Waals surface area contributed by atoms with Gasteiger partial charge in [-0.05, 0) is 64.7 Å². The van der Waals surface area contributed by atoms with E-state index in [1.807, 2.05) is 6.92 Å². The van der Waals surface area contributed by atoms with Crippen molar-refractivity contribution in [2.45, 2.75) is 132 Å². The second kappa shape index (κ2) is 13.5. The average molecular weight is 447 g/mol. The Balaban J connectivity index is 2.32. The molecule has 0 aromatic carbocycles. The molecule has 0 aliphatic heterocycles. The quantitative estimate of drug-likeness (QED) is 0.261. The SMILES string of the molecule is CC1=C(C)C(=O)C(CC[C@](C)(O)CCC[C@@H](C)CCC[C@H](C)CCCC(C)C)=C(C)C1=O. The first kappa shape index (κ1) is 28.8. The Kier molecular flexibility index (Phi) is 12.1. The van der Waals surface area contributed by atoms with Gasteiger partial charge in [0, 0.05) is 22.3 Å². The summed E-state index contributed by atoms with van der Waals surface area (Å²) in [5, 5.41) is 10.9. The summed E-state index contributed by atoms with van der Waals surface area (Å²) in [6.45, 7) is 16.4. The number of aliphatic hydroxyl groups is 1. The van der Waals surface area contributed by atoms with E-state index < -0.39 is 5.60 Å². The van der Waals surface area contributed by atoms with Crippen LogP contribution in [0.2, 0.25) is 0 Å². The third-order valence-corrected chi connectivity index (χ3v) is 7.51. The molecule has 32 heavy (non-hydrogen) atoms. The van der Waals surface area contributed by atoms with Crippen molar-refractivity contribution in [2.75, 3.05) is 0 Å². The molecule has 0 aromatic rings. The lowest BCUT2D eigenvalue weighted by Gasteiger charge is -2.26. The van der Waals surface area contributed by atoms with E-state index in [1.165, 1.54) is 38.5 Å². The van der Waals surface area contributed by atoms with Gasteiger partial charge in [-0.25, -0.2) is 0 Å². The Labute approximate surface area is 198 Å². The van der Waals surface area contributed by atoms with E-state index in [0.29, 0.717) is 41.1 Å². The van der Waals surface area contributed by atoms with E-state index >= 15 is 0 Å². The molecular formula is C29H50O3. The number of ketones is 2. The van der Waals surface area contributed by atoms with Gasteiger partial charge < -0.3 is 5.11 Å². The Morgan fingerprint density at radius 3 is 1.69 bits per heavy atom. The molecule has 0 aromatic heterocycles. The van der Waals surface area contributed by atoms with Crippen LogP contribution in [0.4, 0.5) is 0 Å². The summed E-state index contributed by atoms with van der Waals surface area (Å²) in [4.78, 5) is 24.9. The standard InChI is InChI=1S/C29H50O3/c1-20(2)12-9-13-21(3)14-10-15-22(4)16-11-18-29(8,32)19-17-26-25(7)27(30)23(5)24(6)28(26)31/h20-22,32H,9-19H2,1-8H3/t21-,22+,29-/m1/s1. The van der Waals surface area contributed by atoms with Crippen molar-refractivity contribution in [3.05, 3.63) is 22.3 Å². The number of Topliss-reactive ketones (excluding diaryl/α,β-unsaturated/α-hetero) is 2. The normalized spacial score (nSPS) is 19.1. The molecule has 0 saturated carbocycles. The molecule has 184 valence electrons. The highest BCUT2D eigenvalue weighted by Crippen LogP contribution is 2.31. The number of rotatable bonds is 15. The van der Waals surface area contributed by atoms with E-state index in [4.69, 9.17) is 0 Å². The highest BCUT2D eigenvalue weighted by atomic mass is 16.3. The summed E-state index contributed by atoms with van der Waals surface area (Å²) in [6.07, 6.45) is 11.8. The number of carbonyl (C=O) groups is 2. The molecule has 1 aliphatic rings. The van der Waals surface area contributed by atoms with Crippen LogP contribution in [0.25, 0.3) is 0 Å². The second-order valence-electron chi connectivity index (χ2n) is 11.4. The summed E-state index contributed by atoms with van der Waals surface area (Å²) < 4.78 is 0. The molecule has 1 aliphatic carbocycles. The van der Waals surface area contributed by atoms with Crippen LogP contribution in [-0.4, -0.2) is 22.3 Å². The van der Waals surface area contributed by atoms with Crippen LogP contribution < -0.4 is 0 Å². The lowest BCUT2D eigenvalue weighted by molar-refractivity contribution is -0.116. The number of hydrogen-bond acceptors (Lipinski definition) is 3. The molecule has 0 heterocycles. The van der Waals surface area contributed by atoms with E-state index in [0.717, 1.165) is 31.1 Å². The van der Waals surface area contributed by atoms with Gasteiger partial charge in [0.05, 0.1) is 5.60 Å². The summed E-state index contributed by atoms with van der Waals surface area (Å²) >= 11 is 0. The van der Waals surface area contributed by atoms with Crippen molar-refractivity contribution in [2.24, 2.45) is 17.8 Å². The molecule has 3 nitrogen and oxygen atoms in total. The Bertz CT molecular complexity index is 693. The van der Waals surface area contributed by atoms with Gasteiger partial charge in [0.25, 0.3) is 0 Å². The van der Waals surface area contributed by atoms with E-state index in [-0.39, 0.29) is 11.6 Å². The fourth-order valence-corrected chi connectivity index (χ4v) is 4.79. The summed E-state index contributed by atoms with van der Waals surface area (Å²) in [5.74, 6) is 2.28. The van der Waals surface area contributed by atoms with Crippen molar-refractivity contribution in [3.63, 3.8) is 0 Å². The number of allylic oxidation sites excluding steroid dienone is 4. The van der Waals surface area contributed by atoms with Gasteiger partial charge in [0.2, 0.25) is 0 Å². The third-order valence-electron chi connectivity index (χ3n) is 7.51. The Morgan fingerprint density at radius 2 is 1.16 bits per heavy atom. The van der Waals surface area contributed by atoms with Crippen molar-refractivity contribution in [1.82, 2.24) is 0 Å². The zero-order valence-electron chi connectivity index (χ0n) is 22.3. The van der Waals surface area contributed by atoms with E-state index in [2.05, 4.69) is 27.7 Å². The molecule has 0 radical (unpaired) electrons. The van der Waals surface area contributed by atoms with Crippen LogP contribution in [0.3, 0.4) is 0 Å². The van der Waals surface area contributed by atoms with Crippen LogP contribution in [0, 0.1) is 17.8 Å². The largest absolute Gasteiger partial charge is 0.390 e. The molecule has 0 amide bonds. The minimum atomic E-state index is -0.800.